The molecule has 1 saturated heterocycles. The summed E-state index contributed by atoms with van der Waals surface area (Å²) in [7, 11) is 0. The number of aliphatic hydroxyl groups is 1. The highest BCUT2D eigenvalue weighted by Gasteiger charge is 2.38. The molecule has 0 amide bonds. The van der Waals surface area contributed by atoms with E-state index in [1.165, 1.54) is 0 Å². The standard InChI is InChI=1S/C8H12O5/c1-2-8(5-9)12-6(10)3-4-7(11)13-8/h9H,2-5H2,1H3. The van der Waals surface area contributed by atoms with Crippen LogP contribution in [-0.4, -0.2) is 29.4 Å². The van der Waals surface area contributed by atoms with Gasteiger partial charge in [0.25, 0.3) is 5.79 Å². The van der Waals surface area contributed by atoms with E-state index >= 15 is 0 Å². The molecule has 0 atom stereocenters. The first-order chi connectivity index (χ1) is 6.12. The first-order valence-corrected chi connectivity index (χ1v) is 4.16. The summed E-state index contributed by atoms with van der Waals surface area (Å²) < 4.78 is 9.67. The van der Waals surface area contributed by atoms with Gasteiger partial charge in [0, 0.05) is 6.42 Å². The van der Waals surface area contributed by atoms with E-state index < -0.39 is 24.3 Å². The van der Waals surface area contributed by atoms with E-state index in [2.05, 4.69) is 0 Å². The molecule has 1 aliphatic rings. The first-order valence-electron chi connectivity index (χ1n) is 4.16. The van der Waals surface area contributed by atoms with Crippen molar-refractivity contribution in [1.82, 2.24) is 0 Å². The number of carbonyl (C=O) groups is 2. The molecule has 0 radical (unpaired) electrons. The molecule has 0 aliphatic carbocycles. The zero-order valence-electron chi connectivity index (χ0n) is 7.41. The van der Waals surface area contributed by atoms with Gasteiger partial charge in [-0.2, -0.15) is 0 Å². The monoisotopic (exact) mass is 188 g/mol. The number of ether oxygens (including phenoxy) is 2. The summed E-state index contributed by atoms with van der Waals surface area (Å²) in [4.78, 5) is 22.0. The fourth-order valence-corrected chi connectivity index (χ4v) is 1.06. The van der Waals surface area contributed by atoms with Gasteiger partial charge >= 0.3 is 11.9 Å². The third-order valence-corrected chi connectivity index (χ3v) is 1.91. The molecule has 1 rings (SSSR count). The molecule has 0 aromatic heterocycles. The van der Waals surface area contributed by atoms with Crippen molar-refractivity contribution in [3.05, 3.63) is 0 Å². The Morgan fingerprint density at radius 2 is 1.77 bits per heavy atom. The lowest BCUT2D eigenvalue weighted by Crippen LogP contribution is -2.41. The lowest BCUT2D eigenvalue weighted by atomic mass is 10.2. The van der Waals surface area contributed by atoms with Gasteiger partial charge in [-0.05, 0) is 0 Å². The molecule has 1 N–H and O–H groups in total. The minimum atomic E-state index is -1.45. The van der Waals surface area contributed by atoms with Crippen molar-refractivity contribution in [1.29, 1.82) is 0 Å². The van der Waals surface area contributed by atoms with Crippen LogP contribution in [0.15, 0.2) is 0 Å². The third kappa shape index (κ3) is 2.18. The maximum Gasteiger partial charge on any atom is 0.309 e. The molecule has 0 bridgehead atoms. The smallest absolute Gasteiger partial charge is 0.309 e. The van der Waals surface area contributed by atoms with Crippen molar-refractivity contribution >= 4 is 11.9 Å². The van der Waals surface area contributed by atoms with Gasteiger partial charge in [-0.3, -0.25) is 9.59 Å². The van der Waals surface area contributed by atoms with E-state index in [4.69, 9.17) is 14.6 Å². The molecule has 1 heterocycles. The normalized spacial score (nSPS) is 21.7. The van der Waals surface area contributed by atoms with Crippen molar-refractivity contribution in [2.75, 3.05) is 6.61 Å². The third-order valence-electron chi connectivity index (χ3n) is 1.91. The maximum absolute atomic E-state index is 11.0. The Labute approximate surface area is 75.6 Å². The topological polar surface area (TPSA) is 72.8 Å². The summed E-state index contributed by atoms with van der Waals surface area (Å²) in [6, 6.07) is 0. The number of cyclic esters (lactones) is 2. The molecule has 74 valence electrons. The van der Waals surface area contributed by atoms with E-state index in [0.29, 0.717) is 0 Å². The van der Waals surface area contributed by atoms with Gasteiger partial charge < -0.3 is 14.6 Å². The first kappa shape index (κ1) is 9.98. The van der Waals surface area contributed by atoms with Crippen LogP contribution < -0.4 is 0 Å². The van der Waals surface area contributed by atoms with Crippen molar-refractivity contribution in [2.24, 2.45) is 0 Å². The van der Waals surface area contributed by atoms with Crippen LogP contribution in [0, 0.1) is 0 Å². The lowest BCUT2D eigenvalue weighted by Gasteiger charge is -2.27. The van der Waals surface area contributed by atoms with Crippen LogP contribution >= 0.6 is 0 Å². The molecule has 0 saturated carbocycles. The number of carbonyl (C=O) groups excluding carboxylic acids is 2. The van der Waals surface area contributed by atoms with Crippen LogP contribution in [0.1, 0.15) is 26.2 Å². The molecule has 1 aliphatic heterocycles. The molecular weight excluding hydrogens is 176 g/mol. The maximum atomic E-state index is 11.0. The van der Waals surface area contributed by atoms with Crippen LogP contribution in [0.4, 0.5) is 0 Å². The quantitative estimate of drug-likeness (QED) is 0.616. The van der Waals surface area contributed by atoms with Crippen molar-refractivity contribution < 1.29 is 24.2 Å². The highest BCUT2D eigenvalue weighted by molar-refractivity contribution is 5.79. The molecular formula is C8H12O5. The fourth-order valence-electron chi connectivity index (χ4n) is 1.06. The van der Waals surface area contributed by atoms with Gasteiger partial charge in [0.05, 0.1) is 12.8 Å². The lowest BCUT2D eigenvalue weighted by molar-refractivity contribution is -0.235. The van der Waals surface area contributed by atoms with Crippen LogP contribution in [0.2, 0.25) is 0 Å². The summed E-state index contributed by atoms with van der Waals surface area (Å²) in [5.41, 5.74) is 0. The number of hydrogen-bond donors (Lipinski definition) is 1. The zero-order chi connectivity index (χ0) is 9.90. The van der Waals surface area contributed by atoms with Crippen molar-refractivity contribution in [2.45, 2.75) is 32.0 Å². The minimum absolute atomic E-state index is 0.0145. The average Bonchev–Trinajstić information content (AvgIpc) is 2.26. The molecule has 0 aromatic carbocycles. The van der Waals surface area contributed by atoms with Gasteiger partial charge in [-0.15, -0.1) is 0 Å². The van der Waals surface area contributed by atoms with Crippen molar-refractivity contribution in [3.8, 4) is 0 Å². The summed E-state index contributed by atoms with van der Waals surface area (Å²) in [6.07, 6.45) is 0.280. The predicted molar refractivity (Wildman–Crippen MR) is 41.5 cm³/mol. The Bertz CT molecular complexity index is 199. The molecule has 5 heteroatoms. The summed E-state index contributed by atoms with van der Waals surface area (Å²) in [5, 5.41) is 8.95. The fraction of sp³-hybridized carbons (Fsp3) is 0.750. The van der Waals surface area contributed by atoms with E-state index in [0.717, 1.165) is 0 Å². The number of esters is 2. The second-order valence-electron chi connectivity index (χ2n) is 2.87. The van der Waals surface area contributed by atoms with E-state index in [9.17, 15) is 9.59 Å². The van der Waals surface area contributed by atoms with Crippen LogP contribution in [0.3, 0.4) is 0 Å². The Kier molecular flexibility index (Phi) is 2.87. The predicted octanol–water partition coefficient (Wildman–Crippen LogP) is -0.0348. The number of rotatable bonds is 2. The highest BCUT2D eigenvalue weighted by atomic mass is 16.7. The Morgan fingerprint density at radius 3 is 2.08 bits per heavy atom. The van der Waals surface area contributed by atoms with Gasteiger partial charge in [0.2, 0.25) is 0 Å². The highest BCUT2D eigenvalue weighted by Crippen LogP contribution is 2.22. The minimum Gasteiger partial charge on any atom is -0.420 e. The molecule has 0 unspecified atom stereocenters. The molecule has 0 spiro atoms. The summed E-state index contributed by atoms with van der Waals surface area (Å²) in [6.45, 7) is 1.17. The largest absolute Gasteiger partial charge is 0.420 e. The number of hydrogen-bond acceptors (Lipinski definition) is 5. The van der Waals surface area contributed by atoms with E-state index in [-0.39, 0.29) is 19.3 Å². The molecule has 5 nitrogen and oxygen atoms in total. The SMILES string of the molecule is CCC1(CO)OC(=O)CCC(=O)O1. The number of aliphatic hydroxyl groups excluding tert-OH is 1. The second-order valence-corrected chi connectivity index (χ2v) is 2.87. The van der Waals surface area contributed by atoms with E-state index in [1.54, 1.807) is 6.92 Å². The van der Waals surface area contributed by atoms with Gasteiger partial charge in [0.15, 0.2) is 0 Å². The molecule has 1 fully saturated rings. The van der Waals surface area contributed by atoms with Crippen LogP contribution in [-0.2, 0) is 19.1 Å². The summed E-state index contributed by atoms with van der Waals surface area (Å²) >= 11 is 0. The van der Waals surface area contributed by atoms with Crippen LogP contribution in [0.25, 0.3) is 0 Å². The Balaban J connectivity index is 2.80. The average molecular weight is 188 g/mol. The van der Waals surface area contributed by atoms with Gasteiger partial charge in [-0.1, -0.05) is 6.92 Å². The summed E-state index contributed by atoms with van der Waals surface area (Å²) in [5.74, 6) is -2.48. The molecule has 13 heavy (non-hydrogen) atoms. The Morgan fingerprint density at radius 1 is 1.31 bits per heavy atom. The van der Waals surface area contributed by atoms with Gasteiger partial charge in [-0.25, -0.2) is 0 Å². The van der Waals surface area contributed by atoms with Gasteiger partial charge in [0.1, 0.15) is 6.61 Å². The van der Waals surface area contributed by atoms with Crippen molar-refractivity contribution in [3.63, 3.8) is 0 Å². The Hall–Kier alpha value is -1.10. The zero-order valence-corrected chi connectivity index (χ0v) is 7.41. The van der Waals surface area contributed by atoms with E-state index in [1.807, 2.05) is 0 Å². The van der Waals surface area contributed by atoms with Crippen LogP contribution in [0.5, 0.6) is 0 Å². The molecule has 0 aromatic rings. The second kappa shape index (κ2) is 3.74.